The molecule has 0 heterocycles. The predicted octanol–water partition coefficient (Wildman–Crippen LogP) is 3.54. The summed E-state index contributed by atoms with van der Waals surface area (Å²) in [5.74, 6) is -0.701. The van der Waals surface area contributed by atoms with Crippen molar-refractivity contribution in [2.24, 2.45) is 0 Å². The summed E-state index contributed by atoms with van der Waals surface area (Å²) < 4.78 is 5.22. The maximum Gasteiger partial charge on any atom is 0.306 e. The number of benzene rings is 2. The molecule has 0 aromatic heterocycles. The molecule has 2 N–H and O–H groups in total. The number of carbonyl (C=O) groups excluding carboxylic acids is 1. The van der Waals surface area contributed by atoms with Crippen molar-refractivity contribution in [3.63, 3.8) is 0 Å². The molecule has 25 heavy (non-hydrogen) atoms. The van der Waals surface area contributed by atoms with Crippen molar-refractivity contribution >= 4 is 23.6 Å². The lowest BCUT2D eigenvalue weighted by atomic mass is 9.88. The molecule has 0 bridgehead atoms. The number of hydrogen-bond acceptors (Lipinski definition) is 4. The SMILES string of the molecule is COc1cccc(C(C)(CC(=O)O)NC(=O)c2ccccc2SC)c1. The first-order valence-corrected chi connectivity index (χ1v) is 8.94. The molecule has 5 nitrogen and oxygen atoms in total. The first kappa shape index (κ1) is 18.9. The minimum atomic E-state index is -1.07. The molecule has 0 spiro atoms. The van der Waals surface area contributed by atoms with Gasteiger partial charge in [-0.15, -0.1) is 11.8 Å². The quantitative estimate of drug-likeness (QED) is 0.740. The van der Waals surface area contributed by atoms with Gasteiger partial charge in [0.25, 0.3) is 5.91 Å². The number of amides is 1. The van der Waals surface area contributed by atoms with Gasteiger partial charge in [-0.05, 0) is 43.0 Å². The van der Waals surface area contributed by atoms with Gasteiger partial charge in [0, 0.05) is 4.90 Å². The Morgan fingerprint density at radius 3 is 2.56 bits per heavy atom. The molecular weight excluding hydrogens is 338 g/mol. The van der Waals surface area contributed by atoms with Crippen LogP contribution in [0.1, 0.15) is 29.3 Å². The van der Waals surface area contributed by atoms with Crippen LogP contribution in [0.4, 0.5) is 0 Å². The fourth-order valence-electron chi connectivity index (χ4n) is 2.64. The molecule has 0 radical (unpaired) electrons. The molecule has 0 aliphatic rings. The van der Waals surface area contributed by atoms with E-state index in [0.29, 0.717) is 16.9 Å². The Labute approximate surface area is 151 Å². The van der Waals surface area contributed by atoms with Crippen LogP contribution in [0.25, 0.3) is 0 Å². The summed E-state index contributed by atoms with van der Waals surface area (Å²) in [6.07, 6.45) is 1.65. The van der Waals surface area contributed by atoms with E-state index in [1.807, 2.05) is 18.4 Å². The van der Waals surface area contributed by atoms with Gasteiger partial charge in [-0.25, -0.2) is 0 Å². The van der Waals surface area contributed by atoms with Crippen molar-refractivity contribution in [3.05, 3.63) is 59.7 Å². The molecule has 0 saturated heterocycles. The minimum Gasteiger partial charge on any atom is -0.497 e. The second-order valence-corrected chi connectivity index (χ2v) is 6.64. The highest BCUT2D eigenvalue weighted by Crippen LogP contribution is 2.29. The molecule has 1 atom stereocenters. The summed E-state index contributed by atoms with van der Waals surface area (Å²) in [6.45, 7) is 1.70. The number of carboxylic acid groups (broad SMARTS) is 1. The van der Waals surface area contributed by atoms with Gasteiger partial charge in [-0.2, -0.15) is 0 Å². The normalized spacial score (nSPS) is 12.9. The van der Waals surface area contributed by atoms with Crippen molar-refractivity contribution in [2.45, 2.75) is 23.8 Å². The Morgan fingerprint density at radius 1 is 1.20 bits per heavy atom. The minimum absolute atomic E-state index is 0.243. The number of carboxylic acids is 1. The van der Waals surface area contributed by atoms with Gasteiger partial charge in [-0.1, -0.05) is 24.3 Å². The Kier molecular flexibility index (Phi) is 6.09. The summed E-state index contributed by atoms with van der Waals surface area (Å²) in [5.41, 5.74) is 0.127. The molecule has 132 valence electrons. The van der Waals surface area contributed by atoms with Crippen molar-refractivity contribution in [3.8, 4) is 5.75 Å². The van der Waals surface area contributed by atoms with E-state index in [2.05, 4.69) is 5.32 Å². The lowest BCUT2D eigenvalue weighted by Crippen LogP contribution is -2.45. The van der Waals surface area contributed by atoms with Gasteiger partial charge < -0.3 is 15.2 Å². The third-order valence-corrected chi connectivity index (χ3v) is 4.75. The zero-order valence-corrected chi connectivity index (χ0v) is 15.2. The molecule has 2 rings (SSSR count). The summed E-state index contributed by atoms with van der Waals surface area (Å²) in [6, 6.07) is 14.3. The first-order chi connectivity index (χ1) is 11.9. The summed E-state index contributed by atoms with van der Waals surface area (Å²) in [4.78, 5) is 25.0. The Hall–Kier alpha value is -2.47. The van der Waals surface area contributed by atoms with Crippen LogP contribution in [0.3, 0.4) is 0 Å². The van der Waals surface area contributed by atoms with Crippen LogP contribution in [0, 0.1) is 0 Å². The predicted molar refractivity (Wildman–Crippen MR) is 98.3 cm³/mol. The molecule has 2 aromatic rings. The van der Waals surface area contributed by atoms with Crippen LogP contribution in [0.15, 0.2) is 53.4 Å². The molecule has 0 saturated carbocycles. The van der Waals surface area contributed by atoms with Crippen LogP contribution in [-0.2, 0) is 10.3 Å². The third-order valence-electron chi connectivity index (χ3n) is 3.95. The number of thioether (sulfide) groups is 1. The highest BCUT2D eigenvalue weighted by atomic mass is 32.2. The molecular formula is C19H21NO4S. The second kappa shape index (κ2) is 8.07. The number of methoxy groups -OCH3 is 1. The van der Waals surface area contributed by atoms with E-state index in [0.717, 1.165) is 4.90 Å². The van der Waals surface area contributed by atoms with Gasteiger partial charge in [0.1, 0.15) is 5.75 Å². The smallest absolute Gasteiger partial charge is 0.306 e. The Balaban J connectivity index is 2.40. The van der Waals surface area contributed by atoms with E-state index in [1.54, 1.807) is 50.4 Å². The molecule has 6 heteroatoms. The molecule has 2 aromatic carbocycles. The lowest BCUT2D eigenvalue weighted by Gasteiger charge is -2.30. The number of rotatable bonds is 7. The topological polar surface area (TPSA) is 75.6 Å². The maximum absolute atomic E-state index is 12.8. The number of ether oxygens (including phenoxy) is 1. The molecule has 1 amide bonds. The molecule has 1 unspecified atom stereocenters. The highest BCUT2D eigenvalue weighted by molar-refractivity contribution is 7.98. The Morgan fingerprint density at radius 2 is 1.92 bits per heavy atom. The van der Waals surface area contributed by atoms with Crippen LogP contribution in [-0.4, -0.2) is 30.3 Å². The van der Waals surface area contributed by atoms with Gasteiger partial charge in [0.2, 0.25) is 0 Å². The van der Waals surface area contributed by atoms with Crippen molar-refractivity contribution in [2.75, 3.05) is 13.4 Å². The van der Waals surface area contributed by atoms with Crippen molar-refractivity contribution in [1.29, 1.82) is 0 Å². The van der Waals surface area contributed by atoms with Gasteiger partial charge in [0.05, 0.1) is 24.6 Å². The van der Waals surface area contributed by atoms with E-state index >= 15 is 0 Å². The van der Waals surface area contributed by atoms with Crippen molar-refractivity contribution < 1.29 is 19.4 Å². The standard InChI is InChI=1S/C19H21NO4S/c1-19(12-17(21)22,13-7-6-8-14(11-13)24-2)20-18(23)15-9-4-5-10-16(15)25-3/h4-11H,12H2,1-3H3,(H,20,23)(H,21,22). The first-order valence-electron chi connectivity index (χ1n) is 7.71. The number of aliphatic carboxylic acids is 1. The van der Waals surface area contributed by atoms with Gasteiger partial charge in [0.15, 0.2) is 0 Å². The third kappa shape index (κ3) is 4.54. The van der Waals surface area contributed by atoms with Crippen molar-refractivity contribution in [1.82, 2.24) is 5.32 Å². The zero-order chi connectivity index (χ0) is 18.4. The highest BCUT2D eigenvalue weighted by Gasteiger charge is 2.32. The van der Waals surface area contributed by atoms with E-state index in [4.69, 9.17) is 4.74 Å². The van der Waals surface area contributed by atoms with Crippen LogP contribution >= 0.6 is 11.8 Å². The summed E-state index contributed by atoms with van der Waals surface area (Å²) in [7, 11) is 1.54. The zero-order valence-electron chi connectivity index (χ0n) is 14.4. The van der Waals surface area contributed by atoms with Crippen LogP contribution in [0.5, 0.6) is 5.75 Å². The number of nitrogens with one attached hydrogen (secondary N) is 1. The van der Waals surface area contributed by atoms with Gasteiger partial charge in [-0.3, -0.25) is 9.59 Å². The Bertz CT molecular complexity index is 778. The largest absolute Gasteiger partial charge is 0.497 e. The molecule has 0 aliphatic carbocycles. The average Bonchev–Trinajstić information content (AvgIpc) is 2.60. The summed E-state index contributed by atoms with van der Waals surface area (Å²) in [5, 5.41) is 12.2. The fraction of sp³-hybridized carbons (Fsp3) is 0.263. The number of hydrogen-bond donors (Lipinski definition) is 2. The summed E-state index contributed by atoms with van der Waals surface area (Å²) >= 11 is 1.47. The van der Waals surface area contributed by atoms with E-state index in [-0.39, 0.29) is 12.3 Å². The molecule has 0 aliphatic heterocycles. The van der Waals surface area contributed by atoms with Crippen LogP contribution in [0.2, 0.25) is 0 Å². The monoisotopic (exact) mass is 359 g/mol. The molecule has 0 fully saturated rings. The van der Waals surface area contributed by atoms with Gasteiger partial charge >= 0.3 is 5.97 Å². The maximum atomic E-state index is 12.8. The fourth-order valence-corrected chi connectivity index (χ4v) is 3.23. The van der Waals surface area contributed by atoms with Crippen LogP contribution < -0.4 is 10.1 Å². The van der Waals surface area contributed by atoms with E-state index < -0.39 is 11.5 Å². The second-order valence-electron chi connectivity index (χ2n) is 5.79. The average molecular weight is 359 g/mol. The number of carbonyl (C=O) groups is 2. The van der Waals surface area contributed by atoms with E-state index in [1.165, 1.54) is 11.8 Å². The lowest BCUT2D eigenvalue weighted by molar-refractivity contribution is -0.138. The van der Waals surface area contributed by atoms with E-state index in [9.17, 15) is 14.7 Å².